The number of rotatable bonds is 7. The molecule has 1 amide bonds. The van der Waals surface area contributed by atoms with Gasteiger partial charge in [-0.25, -0.2) is 9.97 Å². The second-order valence-corrected chi connectivity index (χ2v) is 9.60. The van der Waals surface area contributed by atoms with Crippen LogP contribution in [-0.4, -0.2) is 37.2 Å². The summed E-state index contributed by atoms with van der Waals surface area (Å²) in [6.45, 7) is 0. The number of benzene rings is 3. The molecule has 5 rings (SSSR count). The molecular formula is C28H21N7O3S2. The average Bonchev–Trinajstić information content (AvgIpc) is 2.97. The van der Waals surface area contributed by atoms with Crippen molar-refractivity contribution < 1.29 is 9.72 Å². The first kappa shape index (κ1) is 26.7. The lowest BCUT2D eigenvalue weighted by atomic mass is 10.1. The molecule has 0 aliphatic carbocycles. The highest BCUT2D eigenvalue weighted by molar-refractivity contribution is 7.98. The molecule has 3 N–H and O–H groups in total. The minimum absolute atomic E-state index is 0.00273. The fourth-order valence-electron chi connectivity index (χ4n) is 3.89. The summed E-state index contributed by atoms with van der Waals surface area (Å²) in [6, 6.07) is 24.3. The Morgan fingerprint density at radius 2 is 1.57 bits per heavy atom. The molecule has 3 aromatic carbocycles. The highest BCUT2D eigenvalue weighted by Gasteiger charge is 2.14. The van der Waals surface area contributed by atoms with Gasteiger partial charge in [0.05, 0.1) is 21.7 Å². The van der Waals surface area contributed by atoms with Crippen LogP contribution < -0.4 is 16.0 Å². The van der Waals surface area contributed by atoms with Gasteiger partial charge in [-0.15, -0.1) is 0 Å². The molecule has 12 heteroatoms. The molecule has 0 saturated carbocycles. The van der Waals surface area contributed by atoms with Crippen LogP contribution in [0.4, 0.5) is 22.9 Å². The number of carbonyl (C=O) groups is 1. The molecule has 0 fully saturated rings. The van der Waals surface area contributed by atoms with Gasteiger partial charge in [0.2, 0.25) is 0 Å². The zero-order valence-corrected chi connectivity index (χ0v) is 22.6. The first-order chi connectivity index (χ1) is 19.4. The Hall–Kier alpha value is -4.94. The summed E-state index contributed by atoms with van der Waals surface area (Å²) < 4.78 is 0. The van der Waals surface area contributed by atoms with Gasteiger partial charge in [-0.3, -0.25) is 19.9 Å². The molecule has 0 aliphatic heterocycles. The van der Waals surface area contributed by atoms with Crippen LogP contribution >= 0.6 is 24.0 Å². The second-order valence-electron chi connectivity index (χ2n) is 8.42. The maximum atomic E-state index is 13.1. The average molecular weight is 568 g/mol. The Labute approximate surface area is 238 Å². The van der Waals surface area contributed by atoms with Crippen molar-refractivity contribution >= 4 is 68.8 Å². The van der Waals surface area contributed by atoms with E-state index in [-0.39, 0.29) is 11.6 Å². The molecule has 0 atom stereocenters. The minimum Gasteiger partial charge on any atom is -0.332 e. The number of nitrogens with zero attached hydrogens (tertiary/aromatic N) is 4. The van der Waals surface area contributed by atoms with Gasteiger partial charge in [-0.05, 0) is 54.9 Å². The van der Waals surface area contributed by atoms with Gasteiger partial charge < -0.3 is 16.0 Å². The fourth-order valence-corrected chi connectivity index (χ4v) is 4.51. The molecule has 0 unspecified atom stereocenters. The largest absolute Gasteiger partial charge is 0.332 e. The topological polar surface area (TPSA) is 135 Å². The summed E-state index contributed by atoms with van der Waals surface area (Å²) in [5, 5.41) is 21.4. The van der Waals surface area contributed by atoms with Crippen LogP contribution in [0, 0.1) is 10.1 Å². The van der Waals surface area contributed by atoms with Gasteiger partial charge in [-0.2, -0.15) is 0 Å². The van der Waals surface area contributed by atoms with Gasteiger partial charge in [0, 0.05) is 46.7 Å². The number of carbonyl (C=O) groups excluding carboxylic acids is 1. The first-order valence-electron chi connectivity index (χ1n) is 11.9. The molecule has 0 aliphatic rings. The molecule has 0 spiro atoms. The number of anilines is 3. The third-order valence-electron chi connectivity index (χ3n) is 5.80. The van der Waals surface area contributed by atoms with E-state index in [0.29, 0.717) is 33.0 Å². The fraction of sp³-hybridized carbons (Fsp3) is 0.0357. The van der Waals surface area contributed by atoms with Crippen LogP contribution in [0.25, 0.3) is 22.2 Å². The molecule has 198 valence electrons. The lowest BCUT2D eigenvalue weighted by molar-refractivity contribution is -0.384. The zero-order chi connectivity index (χ0) is 28.1. The van der Waals surface area contributed by atoms with Gasteiger partial charge in [0.1, 0.15) is 5.82 Å². The van der Waals surface area contributed by atoms with Crippen molar-refractivity contribution in [1.29, 1.82) is 0 Å². The van der Waals surface area contributed by atoms with Crippen LogP contribution in [0.2, 0.25) is 0 Å². The number of pyridine rings is 1. The number of thioether (sulfide) groups is 1. The molecule has 2 heterocycles. The van der Waals surface area contributed by atoms with Crippen LogP contribution in [0.5, 0.6) is 0 Å². The van der Waals surface area contributed by atoms with E-state index in [1.165, 1.54) is 23.9 Å². The second kappa shape index (κ2) is 11.8. The van der Waals surface area contributed by atoms with Crippen molar-refractivity contribution in [1.82, 2.24) is 15.0 Å². The molecule has 0 bridgehead atoms. The number of hydrogen-bond acceptors (Lipinski definition) is 8. The smallest absolute Gasteiger partial charge is 0.269 e. The number of non-ortho nitro benzene ring substituents is 1. The zero-order valence-electron chi connectivity index (χ0n) is 21.0. The summed E-state index contributed by atoms with van der Waals surface area (Å²) in [5.74, 6) is 0.0970. The number of thiocarbonyl (C=S) groups is 1. The number of fused-ring (bicyclic) bond motifs is 1. The summed E-state index contributed by atoms with van der Waals surface area (Å²) >= 11 is 6.74. The quantitative estimate of drug-likeness (QED) is 0.0668. The Balaban J connectivity index is 1.30. The number of nitro benzene ring substituents is 1. The molecule has 10 nitrogen and oxygen atoms in total. The Morgan fingerprint density at radius 1 is 0.900 bits per heavy atom. The monoisotopic (exact) mass is 567 g/mol. The third-order valence-corrected chi connectivity index (χ3v) is 6.55. The molecule has 40 heavy (non-hydrogen) atoms. The SMILES string of the molecule is CSc1nc(NC(=O)c2ccnc3ccccc23)cc(-c2ccc(NC(=S)Nc3ccc([N+](=O)[O-])cc3)cc2)n1. The maximum Gasteiger partial charge on any atom is 0.269 e. The maximum absolute atomic E-state index is 13.1. The number of amides is 1. The summed E-state index contributed by atoms with van der Waals surface area (Å²) in [4.78, 5) is 36.9. The predicted molar refractivity (Wildman–Crippen MR) is 162 cm³/mol. The standard InChI is InChI=1S/C28H21N7O3S2/c1-40-28-32-24(16-25(34-28)33-26(36)22-14-15-29-23-5-3-2-4-21(22)23)17-6-8-18(9-7-17)30-27(39)31-19-10-12-20(13-11-19)35(37)38/h2-16H,1H3,(H2,30,31,39)(H,32,33,34,36). The van der Waals surface area contributed by atoms with E-state index < -0.39 is 4.92 Å². The number of para-hydroxylation sites is 1. The van der Waals surface area contributed by atoms with Crippen LogP contribution in [0.15, 0.2) is 96.3 Å². The Kier molecular flexibility index (Phi) is 7.89. The number of aromatic nitrogens is 3. The Bertz CT molecular complexity index is 1720. The number of nitro groups is 1. The van der Waals surface area contributed by atoms with Crippen molar-refractivity contribution in [3.8, 4) is 11.3 Å². The van der Waals surface area contributed by atoms with Crippen LogP contribution in [0.3, 0.4) is 0 Å². The number of nitrogens with one attached hydrogen (secondary N) is 3. The highest BCUT2D eigenvalue weighted by atomic mass is 32.2. The van der Waals surface area contributed by atoms with Gasteiger partial charge in [-0.1, -0.05) is 42.1 Å². The van der Waals surface area contributed by atoms with Crippen molar-refractivity contribution in [3.63, 3.8) is 0 Å². The first-order valence-corrected chi connectivity index (χ1v) is 13.5. The van der Waals surface area contributed by atoms with Crippen LogP contribution in [0.1, 0.15) is 10.4 Å². The van der Waals surface area contributed by atoms with E-state index in [2.05, 4.69) is 30.9 Å². The van der Waals surface area contributed by atoms with E-state index in [9.17, 15) is 14.9 Å². The summed E-state index contributed by atoms with van der Waals surface area (Å²) in [6.07, 6.45) is 3.48. The highest BCUT2D eigenvalue weighted by Crippen LogP contribution is 2.26. The Morgan fingerprint density at radius 3 is 2.25 bits per heavy atom. The predicted octanol–water partition coefficient (Wildman–Crippen LogP) is 6.38. The van der Waals surface area contributed by atoms with E-state index in [4.69, 9.17) is 12.2 Å². The van der Waals surface area contributed by atoms with Gasteiger partial charge >= 0.3 is 0 Å². The van der Waals surface area contributed by atoms with E-state index >= 15 is 0 Å². The summed E-state index contributed by atoms with van der Waals surface area (Å²) in [7, 11) is 0. The molecule has 0 saturated heterocycles. The van der Waals surface area contributed by atoms with Gasteiger partial charge in [0.15, 0.2) is 10.3 Å². The van der Waals surface area contributed by atoms with Crippen molar-refractivity contribution in [3.05, 3.63) is 107 Å². The van der Waals surface area contributed by atoms with Crippen molar-refractivity contribution in [2.24, 2.45) is 0 Å². The third kappa shape index (κ3) is 6.20. The van der Waals surface area contributed by atoms with E-state index in [0.717, 1.165) is 22.2 Å². The van der Waals surface area contributed by atoms with Crippen molar-refractivity contribution in [2.75, 3.05) is 22.2 Å². The normalized spacial score (nSPS) is 10.6. The van der Waals surface area contributed by atoms with E-state index in [1.54, 1.807) is 30.5 Å². The molecule has 2 aromatic heterocycles. The lowest BCUT2D eigenvalue weighted by Gasteiger charge is -2.12. The van der Waals surface area contributed by atoms with Gasteiger partial charge in [0.25, 0.3) is 11.6 Å². The molecular weight excluding hydrogens is 546 g/mol. The molecule has 5 aromatic rings. The number of hydrogen-bond donors (Lipinski definition) is 3. The summed E-state index contributed by atoms with van der Waals surface area (Å²) in [5.41, 5.74) is 4.07. The molecule has 0 radical (unpaired) electrons. The minimum atomic E-state index is -0.457. The van der Waals surface area contributed by atoms with E-state index in [1.807, 2.05) is 54.8 Å². The van der Waals surface area contributed by atoms with Crippen molar-refractivity contribution in [2.45, 2.75) is 5.16 Å². The lowest BCUT2D eigenvalue weighted by Crippen LogP contribution is -2.18. The van der Waals surface area contributed by atoms with Crippen LogP contribution in [-0.2, 0) is 0 Å².